The molecule has 0 heterocycles. The zero-order valence-electron chi connectivity index (χ0n) is 58.1. The maximum atomic E-state index is 13.0. The van der Waals surface area contributed by atoms with Gasteiger partial charge in [-0.1, -0.05) is 293 Å². The van der Waals surface area contributed by atoms with Crippen molar-refractivity contribution in [2.45, 2.75) is 363 Å². The fourth-order valence-electron chi connectivity index (χ4n) is 10.5. The average molecular weight is 1310 g/mol. The van der Waals surface area contributed by atoms with Crippen molar-refractivity contribution in [2.75, 3.05) is 39.6 Å². The zero-order valence-corrected chi connectivity index (χ0v) is 59.8. The molecule has 0 aromatic carbocycles. The van der Waals surface area contributed by atoms with Gasteiger partial charge in [0.05, 0.1) is 26.4 Å². The van der Waals surface area contributed by atoms with E-state index in [1.807, 2.05) is 0 Å². The number of unbranched alkanes of at least 4 members (excludes halogenated alkanes) is 33. The van der Waals surface area contributed by atoms with Gasteiger partial charge in [-0.2, -0.15) is 0 Å². The van der Waals surface area contributed by atoms with Crippen molar-refractivity contribution in [1.82, 2.24) is 0 Å². The fraction of sp³-hybridized carbons (Fsp3) is 0.943. The van der Waals surface area contributed by atoms with Gasteiger partial charge in [0.2, 0.25) is 0 Å². The smallest absolute Gasteiger partial charge is 0.462 e. The topological polar surface area (TPSA) is 237 Å². The highest BCUT2D eigenvalue weighted by Gasteiger charge is 2.30. The van der Waals surface area contributed by atoms with Gasteiger partial charge in [-0.15, -0.1) is 0 Å². The summed E-state index contributed by atoms with van der Waals surface area (Å²) < 4.78 is 68.2. The van der Waals surface area contributed by atoms with Crippen molar-refractivity contribution in [1.29, 1.82) is 0 Å². The first-order valence-electron chi connectivity index (χ1n) is 36.2. The first-order chi connectivity index (χ1) is 42.6. The number of aliphatic hydroxyl groups excluding tert-OH is 1. The summed E-state index contributed by atoms with van der Waals surface area (Å²) >= 11 is 0. The number of aliphatic hydroxyl groups is 1. The number of esters is 4. The molecule has 0 radical (unpaired) electrons. The molecule has 0 saturated heterocycles. The summed E-state index contributed by atoms with van der Waals surface area (Å²) in [6.07, 6.45) is 42.0. The Kier molecular flexibility index (Phi) is 58.5. The molecule has 3 N–H and O–H groups in total. The van der Waals surface area contributed by atoms with E-state index in [1.54, 1.807) is 0 Å². The number of phosphoric acid groups is 2. The molecule has 0 spiro atoms. The number of carbonyl (C=O) groups excluding carboxylic acids is 4. The monoisotopic (exact) mass is 1310 g/mol. The van der Waals surface area contributed by atoms with Crippen molar-refractivity contribution >= 4 is 39.5 Å². The van der Waals surface area contributed by atoms with Gasteiger partial charge in [0, 0.05) is 25.7 Å². The highest BCUT2D eigenvalue weighted by atomic mass is 31.2. The standard InChI is InChI=1S/C70H136O17P2/c1-60(2)46-38-30-22-17-14-12-10-9-11-13-15-19-25-34-42-50-67(72)80-56-65(86-69(74)52-44-36-26-20-16-18-23-31-39-47-61(3)4)58-84-88(76,77)82-54-64(71)55-83-89(78,79)85-59-66(87-70(75)53-45-37-29-28-33-41-49-63(7)8)57-81-68(73)51-43-35-27-21-24-32-40-48-62(5)6/h60-66,71H,9-59H2,1-8H3,(H,76,77)(H,78,79)/t64?,65-,66-/m1/s1. The van der Waals surface area contributed by atoms with Gasteiger partial charge in [-0.05, 0) is 49.4 Å². The van der Waals surface area contributed by atoms with E-state index in [4.69, 9.17) is 37.0 Å². The highest BCUT2D eigenvalue weighted by Crippen LogP contribution is 2.45. The Morgan fingerprint density at radius 1 is 0.281 bits per heavy atom. The van der Waals surface area contributed by atoms with Crippen LogP contribution in [-0.4, -0.2) is 96.7 Å². The van der Waals surface area contributed by atoms with E-state index in [9.17, 15) is 43.2 Å². The van der Waals surface area contributed by atoms with E-state index < -0.39 is 97.5 Å². The van der Waals surface area contributed by atoms with Gasteiger partial charge in [0.25, 0.3) is 0 Å². The van der Waals surface area contributed by atoms with Crippen LogP contribution in [0.4, 0.5) is 0 Å². The van der Waals surface area contributed by atoms with Gasteiger partial charge in [0.1, 0.15) is 19.3 Å². The summed E-state index contributed by atoms with van der Waals surface area (Å²) in [5.41, 5.74) is 0. The third-order valence-corrected chi connectivity index (χ3v) is 18.0. The van der Waals surface area contributed by atoms with Crippen molar-refractivity contribution in [2.24, 2.45) is 23.7 Å². The van der Waals surface area contributed by atoms with Crippen molar-refractivity contribution in [3.8, 4) is 0 Å². The lowest BCUT2D eigenvalue weighted by Gasteiger charge is -2.21. The molecule has 3 unspecified atom stereocenters. The third-order valence-electron chi connectivity index (χ3n) is 16.1. The molecule has 0 aromatic rings. The van der Waals surface area contributed by atoms with Crippen molar-refractivity contribution < 1.29 is 80.2 Å². The summed E-state index contributed by atoms with van der Waals surface area (Å²) in [6.45, 7) is 14.0. The quantitative estimate of drug-likeness (QED) is 0.0222. The first kappa shape index (κ1) is 87.1. The Bertz CT molecular complexity index is 1760. The first-order valence-corrected chi connectivity index (χ1v) is 39.2. The molecular weight excluding hydrogens is 1170 g/mol. The fourth-order valence-corrected chi connectivity index (χ4v) is 12.1. The lowest BCUT2D eigenvalue weighted by molar-refractivity contribution is -0.161. The molecule has 0 fully saturated rings. The van der Waals surface area contributed by atoms with Crippen LogP contribution >= 0.6 is 15.6 Å². The largest absolute Gasteiger partial charge is 0.472 e. The second kappa shape index (κ2) is 59.8. The van der Waals surface area contributed by atoms with Crippen LogP contribution in [0.1, 0.15) is 344 Å². The van der Waals surface area contributed by atoms with Crippen LogP contribution < -0.4 is 0 Å². The molecule has 0 aromatic heterocycles. The minimum absolute atomic E-state index is 0.101. The Morgan fingerprint density at radius 2 is 0.472 bits per heavy atom. The Labute approximate surface area is 543 Å². The summed E-state index contributed by atoms with van der Waals surface area (Å²) in [7, 11) is -9.90. The lowest BCUT2D eigenvalue weighted by Crippen LogP contribution is -2.30. The number of hydrogen-bond acceptors (Lipinski definition) is 15. The van der Waals surface area contributed by atoms with Crippen LogP contribution in [-0.2, 0) is 65.4 Å². The average Bonchev–Trinajstić information content (AvgIpc) is 3.53. The summed E-state index contributed by atoms with van der Waals surface area (Å²) in [5, 5.41) is 10.6. The van der Waals surface area contributed by atoms with Gasteiger partial charge in [-0.25, -0.2) is 9.13 Å². The van der Waals surface area contributed by atoms with E-state index >= 15 is 0 Å². The molecule has 0 aliphatic rings. The molecule has 19 heteroatoms. The van der Waals surface area contributed by atoms with E-state index in [0.717, 1.165) is 108 Å². The molecule has 0 rings (SSSR count). The molecule has 528 valence electrons. The van der Waals surface area contributed by atoms with Crippen molar-refractivity contribution in [3.05, 3.63) is 0 Å². The molecular formula is C70H136O17P2. The number of rotatable bonds is 67. The van der Waals surface area contributed by atoms with Gasteiger partial charge in [-0.3, -0.25) is 37.3 Å². The van der Waals surface area contributed by atoms with Crippen LogP contribution in [0, 0.1) is 23.7 Å². The Balaban J connectivity index is 5.19. The molecule has 0 amide bonds. The van der Waals surface area contributed by atoms with E-state index in [-0.39, 0.29) is 25.7 Å². The minimum atomic E-state index is -4.95. The molecule has 0 aliphatic heterocycles. The second-order valence-corrected chi connectivity index (χ2v) is 30.1. The number of hydrogen-bond donors (Lipinski definition) is 3. The summed E-state index contributed by atoms with van der Waals surface area (Å²) in [4.78, 5) is 72.4. The second-order valence-electron chi connectivity index (χ2n) is 27.2. The predicted octanol–water partition coefficient (Wildman–Crippen LogP) is 19.7. The molecule has 0 saturated carbocycles. The maximum Gasteiger partial charge on any atom is 0.472 e. The van der Waals surface area contributed by atoms with Gasteiger partial charge in [0.15, 0.2) is 12.2 Å². The molecule has 0 aliphatic carbocycles. The van der Waals surface area contributed by atoms with Crippen LogP contribution in [0.25, 0.3) is 0 Å². The molecule has 5 atom stereocenters. The number of phosphoric ester groups is 2. The predicted molar refractivity (Wildman–Crippen MR) is 358 cm³/mol. The van der Waals surface area contributed by atoms with E-state index in [1.165, 1.54) is 141 Å². The van der Waals surface area contributed by atoms with Gasteiger partial charge < -0.3 is 33.8 Å². The van der Waals surface area contributed by atoms with E-state index in [0.29, 0.717) is 37.5 Å². The Morgan fingerprint density at radius 3 is 0.697 bits per heavy atom. The van der Waals surface area contributed by atoms with Crippen LogP contribution in [0.15, 0.2) is 0 Å². The zero-order chi connectivity index (χ0) is 66.1. The highest BCUT2D eigenvalue weighted by molar-refractivity contribution is 7.47. The van der Waals surface area contributed by atoms with E-state index in [2.05, 4.69) is 55.4 Å². The maximum absolute atomic E-state index is 13.0. The normalized spacial score (nSPS) is 14.3. The van der Waals surface area contributed by atoms with Crippen LogP contribution in [0.3, 0.4) is 0 Å². The third kappa shape index (κ3) is 64.6. The van der Waals surface area contributed by atoms with Crippen LogP contribution in [0.5, 0.6) is 0 Å². The SMILES string of the molecule is CC(C)CCCCCCCCCCCCCCCCCC(=O)OC[C@H](COP(=O)(O)OCC(O)COP(=O)(O)OC[C@@H](COC(=O)CCCCCCCCCC(C)C)OC(=O)CCCCCCCCC(C)C)OC(=O)CCCCCCCCCCCC(C)C. The Hall–Kier alpha value is -1.94. The molecule has 17 nitrogen and oxygen atoms in total. The summed E-state index contributed by atoms with van der Waals surface area (Å²) in [5.74, 6) is 0.782. The molecule has 0 bridgehead atoms. The van der Waals surface area contributed by atoms with Gasteiger partial charge >= 0.3 is 39.5 Å². The minimum Gasteiger partial charge on any atom is -0.462 e. The molecule has 89 heavy (non-hydrogen) atoms. The van der Waals surface area contributed by atoms with Crippen LogP contribution in [0.2, 0.25) is 0 Å². The number of ether oxygens (including phenoxy) is 4. The summed E-state index contributed by atoms with van der Waals surface area (Å²) in [6, 6.07) is 0. The van der Waals surface area contributed by atoms with Crippen molar-refractivity contribution in [3.63, 3.8) is 0 Å². The lowest BCUT2D eigenvalue weighted by atomic mass is 10.0. The number of carbonyl (C=O) groups is 4.